The second-order valence-corrected chi connectivity index (χ2v) is 10.1. The highest BCUT2D eigenvalue weighted by molar-refractivity contribution is 9.10. The van der Waals surface area contributed by atoms with Gasteiger partial charge in [0.25, 0.3) is 11.5 Å². The maximum Gasteiger partial charge on any atom is 0.338 e. The molecule has 2 aliphatic heterocycles. The number of rotatable bonds is 5. The number of esters is 1. The number of nitrogens with one attached hydrogen (secondary N) is 1. The second-order valence-electron chi connectivity index (χ2n) is 8.25. The van der Waals surface area contributed by atoms with E-state index >= 15 is 0 Å². The highest BCUT2D eigenvalue weighted by atomic mass is 79.9. The Balaban J connectivity index is 1.84. The quantitative estimate of drug-likeness (QED) is 0.463. The Bertz CT molecular complexity index is 1690. The van der Waals surface area contributed by atoms with Crippen LogP contribution in [0.25, 0.3) is 5.57 Å². The third-order valence-corrected chi connectivity index (χ3v) is 7.73. The number of ether oxygens (including phenoxy) is 3. The standard InChI is InChI=1S/C26H22BrN3O6S/c1-5-36-25(33)19-12(2)28-26-30(21(19)15-8-7-14(34-3)11-18(15)35-4)24(32)22(37-26)20-16-10-13(27)6-9-17(16)29-23(20)31/h6-11,21H,5H2,1-4H3,(H,29,31)/b22-20-/t21-/m0/s1. The molecule has 37 heavy (non-hydrogen) atoms. The number of allylic oxidation sites excluding steroid dienone is 1. The van der Waals surface area contributed by atoms with Gasteiger partial charge >= 0.3 is 5.97 Å². The van der Waals surface area contributed by atoms with Crippen LogP contribution in [0.3, 0.4) is 0 Å². The van der Waals surface area contributed by atoms with E-state index in [2.05, 4.69) is 26.2 Å². The van der Waals surface area contributed by atoms with Crippen LogP contribution in [-0.2, 0) is 14.3 Å². The smallest absolute Gasteiger partial charge is 0.338 e. The van der Waals surface area contributed by atoms with E-state index in [-0.39, 0.29) is 28.2 Å². The molecule has 1 amide bonds. The van der Waals surface area contributed by atoms with E-state index < -0.39 is 17.6 Å². The van der Waals surface area contributed by atoms with Crippen molar-refractivity contribution in [2.45, 2.75) is 19.9 Å². The maximum atomic E-state index is 14.0. The average Bonchev–Trinajstić information content (AvgIpc) is 3.37. The van der Waals surface area contributed by atoms with Crippen LogP contribution >= 0.6 is 27.3 Å². The molecule has 0 saturated heterocycles. The molecule has 1 atom stereocenters. The number of halogens is 1. The number of amides is 1. The van der Waals surface area contributed by atoms with Gasteiger partial charge in [0.05, 0.1) is 37.7 Å². The molecule has 0 bridgehead atoms. The lowest BCUT2D eigenvalue weighted by molar-refractivity contribution is -0.139. The molecule has 1 aromatic heterocycles. The van der Waals surface area contributed by atoms with Gasteiger partial charge in [-0.25, -0.2) is 9.79 Å². The van der Waals surface area contributed by atoms with Crippen LogP contribution in [-0.4, -0.2) is 37.3 Å². The Morgan fingerprint density at radius 2 is 1.95 bits per heavy atom. The van der Waals surface area contributed by atoms with Gasteiger partial charge in [-0.15, -0.1) is 0 Å². The Morgan fingerprint density at radius 3 is 2.65 bits per heavy atom. The first-order valence-electron chi connectivity index (χ1n) is 11.3. The van der Waals surface area contributed by atoms with Crippen LogP contribution in [0.15, 0.2) is 61.9 Å². The summed E-state index contributed by atoms with van der Waals surface area (Å²) in [5.41, 5.74) is 2.23. The summed E-state index contributed by atoms with van der Waals surface area (Å²) in [5, 5.41) is 2.82. The number of nitrogens with zero attached hydrogens (tertiary/aromatic N) is 2. The molecule has 3 aromatic rings. The maximum absolute atomic E-state index is 14.0. The zero-order chi connectivity index (χ0) is 26.4. The molecule has 11 heteroatoms. The summed E-state index contributed by atoms with van der Waals surface area (Å²) in [6, 6.07) is 9.65. The molecule has 190 valence electrons. The fourth-order valence-corrected chi connectivity index (χ4v) is 6.05. The minimum atomic E-state index is -0.892. The lowest BCUT2D eigenvalue weighted by Gasteiger charge is -2.26. The summed E-state index contributed by atoms with van der Waals surface area (Å²) < 4.78 is 18.7. The van der Waals surface area contributed by atoms with Gasteiger partial charge in [0, 0.05) is 27.4 Å². The molecule has 5 rings (SSSR count). The highest BCUT2D eigenvalue weighted by Crippen LogP contribution is 2.38. The van der Waals surface area contributed by atoms with Crippen LogP contribution in [0.5, 0.6) is 11.5 Å². The number of benzene rings is 2. The first-order valence-corrected chi connectivity index (χ1v) is 12.9. The average molecular weight is 584 g/mol. The van der Waals surface area contributed by atoms with Gasteiger partial charge in [-0.1, -0.05) is 27.3 Å². The molecular weight excluding hydrogens is 562 g/mol. The third kappa shape index (κ3) is 4.08. The van der Waals surface area contributed by atoms with Gasteiger partial charge in [-0.05, 0) is 44.2 Å². The molecule has 0 saturated carbocycles. The van der Waals surface area contributed by atoms with Gasteiger partial charge in [-0.2, -0.15) is 0 Å². The molecule has 2 aliphatic rings. The van der Waals surface area contributed by atoms with Crippen molar-refractivity contribution in [3.05, 3.63) is 83.0 Å². The summed E-state index contributed by atoms with van der Waals surface area (Å²) in [4.78, 5) is 45.1. The zero-order valence-corrected chi connectivity index (χ0v) is 22.8. The van der Waals surface area contributed by atoms with Crippen molar-refractivity contribution in [2.24, 2.45) is 4.99 Å². The Labute approximate surface area is 223 Å². The fourth-order valence-electron chi connectivity index (χ4n) is 4.55. The fraction of sp³-hybridized carbons (Fsp3) is 0.231. The van der Waals surface area contributed by atoms with E-state index in [0.717, 1.165) is 15.8 Å². The summed E-state index contributed by atoms with van der Waals surface area (Å²) in [7, 11) is 3.04. The van der Waals surface area contributed by atoms with Gasteiger partial charge in [0.2, 0.25) is 0 Å². The molecule has 0 spiro atoms. The van der Waals surface area contributed by atoms with Crippen LogP contribution in [0, 0.1) is 0 Å². The number of aromatic nitrogens is 1. The van der Waals surface area contributed by atoms with Crippen LogP contribution in [0.4, 0.5) is 5.69 Å². The van der Waals surface area contributed by atoms with E-state index in [1.807, 2.05) is 6.07 Å². The molecule has 9 nitrogen and oxygen atoms in total. The molecule has 0 fully saturated rings. The van der Waals surface area contributed by atoms with Crippen LogP contribution in [0.2, 0.25) is 0 Å². The SMILES string of the molecule is CCOC(=O)C1=C(C)N=c2s/c(=C3\C(=O)Nc4ccc(Br)cc43)c(=O)n2[C@H]1c1ccc(OC)cc1OC. The topological polar surface area (TPSA) is 108 Å². The van der Waals surface area contributed by atoms with Crippen LogP contribution < -0.4 is 29.7 Å². The van der Waals surface area contributed by atoms with Gasteiger partial charge < -0.3 is 19.5 Å². The van der Waals surface area contributed by atoms with Crippen molar-refractivity contribution in [1.82, 2.24) is 4.57 Å². The summed E-state index contributed by atoms with van der Waals surface area (Å²) in [5.74, 6) is 0.0150. The highest BCUT2D eigenvalue weighted by Gasteiger charge is 2.36. The summed E-state index contributed by atoms with van der Waals surface area (Å²) in [6.07, 6.45) is 0. The van der Waals surface area contributed by atoms with Crippen molar-refractivity contribution < 1.29 is 23.8 Å². The molecule has 0 radical (unpaired) electrons. The Morgan fingerprint density at radius 1 is 1.16 bits per heavy atom. The molecule has 3 heterocycles. The number of methoxy groups -OCH3 is 2. The van der Waals surface area contributed by atoms with Crippen molar-refractivity contribution >= 4 is 50.4 Å². The van der Waals surface area contributed by atoms with Gasteiger partial charge in [0.1, 0.15) is 22.1 Å². The van der Waals surface area contributed by atoms with E-state index in [1.54, 1.807) is 44.2 Å². The largest absolute Gasteiger partial charge is 0.497 e. The predicted molar refractivity (Wildman–Crippen MR) is 142 cm³/mol. The zero-order valence-electron chi connectivity index (χ0n) is 20.4. The monoisotopic (exact) mass is 583 g/mol. The van der Waals surface area contributed by atoms with E-state index in [4.69, 9.17) is 14.2 Å². The molecule has 1 N–H and O–H groups in total. The Kier molecular flexibility index (Phi) is 6.50. The lowest BCUT2D eigenvalue weighted by Crippen LogP contribution is -2.40. The number of fused-ring (bicyclic) bond motifs is 2. The molecular formula is C26H22BrN3O6S. The van der Waals surface area contributed by atoms with E-state index in [1.165, 1.54) is 18.8 Å². The third-order valence-electron chi connectivity index (χ3n) is 6.18. The Hall–Kier alpha value is -3.70. The molecule has 0 aliphatic carbocycles. The first-order chi connectivity index (χ1) is 17.8. The minimum absolute atomic E-state index is 0.155. The van der Waals surface area contributed by atoms with Crippen LogP contribution in [0.1, 0.15) is 31.0 Å². The number of anilines is 1. The number of carbonyl (C=O) groups is 2. The summed E-state index contributed by atoms with van der Waals surface area (Å²) >= 11 is 4.54. The molecule has 0 unspecified atom stereocenters. The lowest BCUT2D eigenvalue weighted by atomic mass is 9.95. The predicted octanol–water partition coefficient (Wildman–Crippen LogP) is 2.90. The van der Waals surface area contributed by atoms with E-state index in [9.17, 15) is 14.4 Å². The summed E-state index contributed by atoms with van der Waals surface area (Å²) in [6.45, 7) is 3.56. The van der Waals surface area contributed by atoms with Crippen molar-refractivity contribution in [3.8, 4) is 11.5 Å². The number of hydrogen-bond donors (Lipinski definition) is 1. The van der Waals surface area contributed by atoms with Crippen molar-refractivity contribution in [3.63, 3.8) is 0 Å². The van der Waals surface area contributed by atoms with Gasteiger partial charge in [0.15, 0.2) is 4.80 Å². The number of hydrogen-bond acceptors (Lipinski definition) is 8. The normalized spacial score (nSPS) is 17.5. The van der Waals surface area contributed by atoms with Crippen molar-refractivity contribution in [2.75, 3.05) is 26.1 Å². The number of carbonyl (C=O) groups excluding carboxylic acids is 2. The number of thiazole rings is 1. The second kappa shape index (κ2) is 9.64. The van der Waals surface area contributed by atoms with Gasteiger partial charge in [-0.3, -0.25) is 14.2 Å². The minimum Gasteiger partial charge on any atom is -0.497 e. The molecule has 2 aromatic carbocycles. The first kappa shape index (κ1) is 25.0. The van der Waals surface area contributed by atoms with E-state index in [0.29, 0.717) is 38.8 Å². The van der Waals surface area contributed by atoms with Crippen molar-refractivity contribution in [1.29, 1.82) is 0 Å².